The molecule has 5 nitrogen and oxygen atoms in total. The summed E-state index contributed by atoms with van der Waals surface area (Å²) >= 11 is 0. The van der Waals surface area contributed by atoms with Crippen LogP contribution in [-0.2, 0) is 6.54 Å². The van der Waals surface area contributed by atoms with Crippen LogP contribution in [0.4, 0.5) is 4.79 Å². The molecule has 1 aliphatic carbocycles. The van der Waals surface area contributed by atoms with E-state index in [1.54, 1.807) is 19.4 Å². The van der Waals surface area contributed by atoms with E-state index in [9.17, 15) is 4.79 Å². The Morgan fingerprint density at radius 3 is 2.70 bits per heavy atom. The van der Waals surface area contributed by atoms with Gasteiger partial charge in [-0.3, -0.25) is 0 Å². The number of hydrogen-bond donors (Lipinski definition) is 2. The summed E-state index contributed by atoms with van der Waals surface area (Å²) < 4.78 is 4.99. The predicted octanol–water partition coefficient (Wildman–Crippen LogP) is 2.47. The summed E-state index contributed by atoms with van der Waals surface area (Å²) in [6.45, 7) is 2.75. The van der Waals surface area contributed by atoms with Crippen molar-refractivity contribution in [3.05, 3.63) is 23.9 Å². The third-order valence-electron chi connectivity index (χ3n) is 3.81. The van der Waals surface area contributed by atoms with E-state index in [2.05, 4.69) is 22.5 Å². The van der Waals surface area contributed by atoms with Gasteiger partial charge in [0.2, 0.25) is 5.88 Å². The first kappa shape index (κ1) is 14.6. The summed E-state index contributed by atoms with van der Waals surface area (Å²) in [5, 5.41) is 5.90. The molecule has 0 aliphatic heterocycles. The molecule has 0 bridgehead atoms. The van der Waals surface area contributed by atoms with Gasteiger partial charge in [0.1, 0.15) is 0 Å². The molecule has 2 amide bonds. The monoisotopic (exact) mass is 277 g/mol. The predicted molar refractivity (Wildman–Crippen MR) is 77.6 cm³/mol. The lowest BCUT2D eigenvalue weighted by Crippen LogP contribution is -2.43. The molecule has 2 rings (SSSR count). The molecule has 1 aromatic rings. The molecule has 5 heteroatoms. The van der Waals surface area contributed by atoms with Crippen LogP contribution in [0.25, 0.3) is 0 Å². The Morgan fingerprint density at radius 2 is 2.10 bits per heavy atom. The number of amides is 2. The van der Waals surface area contributed by atoms with Crippen LogP contribution < -0.4 is 15.4 Å². The minimum absolute atomic E-state index is 0.0969. The van der Waals surface area contributed by atoms with Crippen LogP contribution in [0, 0.1) is 5.92 Å². The number of nitrogens with one attached hydrogen (secondary N) is 2. The van der Waals surface area contributed by atoms with E-state index < -0.39 is 0 Å². The molecule has 0 unspecified atom stereocenters. The Morgan fingerprint density at radius 1 is 1.35 bits per heavy atom. The Kier molecular flexibility index (Phi) is 5.21. The fraction of sp³-hybridized carbons (Fsp3) is 0.600. The van der Waals surface area contributed by atoms with Crippen LogP contribution in [0.1, 0.15) is 38.2 Å². The second-order valence-electron chi connectivity index (χ2n) is 5.49. The average Bonchev–Trinajstić information content (AvgIpc) is 2.48. The first-order valence-corrected chi connectivity index (χ1v) is 7.20. The number of carbonyl (C=O) groups is 1. The van der Waals surface area contributed by atoms with Gasteiger partial charge in [-0.2, -0.15) is 0 Å². The van der Waals surface area contributed by atoms with E-state index in [-0.39, 0.29) is 6.03 Å². The molecule has 20 heavy (non-hydrogen) atoms. The molecule has 1 fully saturated rings. The van der Waals surface area contributed by atoms with Gasteiger partial charge >= 0.3 is 6.03 Å². The number of methoxy groups -OCH3 is 1. The zero-order valence-corrected chi connectivity index (χ0v) is 12.2. The molecule has 0 aromatic carbocycles. The largest absolute Gasteiger partial charge is 0.481 e. The highest BCUT2D eigenvalue weighted by Gasteiger charge is 2.19. The van der Waals surface area contributed by atoms with Gasteiger partial charge in [0.15, 0.2) is 0 Å². The number of pyridine rings is 1. The van der Waals surface area contributed by atoms with Crippen LogP contribution in [-0.4, -0.2) is 24.2 Å². The summed E-state index contributed by atoms with van der Waals surface area (Å²) in [4.78, 5) is 15.9. The van der Waals surface area contributed by atoms with Gasteiger partial charge in [-0.15, -0.1) is 0 Å². The molecule has 1 aliphatic rings. The van der Waals surface area contributed by atoms with Crippen LogP contribution in [0.15, 0.2) is 18.3 Å². The lowest BCUT2D eigenvalue weighted by molar-refractivity contribution is 0.228. The third-order valence-corrected chi connectivity index (χ3v) is 3.81. The molecule has 1 saturated carbocycles. The summed E-state index contributed by atoms with van der Waals surface area (Å²) in [6, 6.07) is 3.91. The zero-order valence-electron chi connectivity index (χ0n) is 12.2. The standard InChI is InChI=1S/C15H23N3O2/c1-11-3-6-13(7-4-11)18-15(19)17-10-12-5-8-14(20-2)16-9-12/h5,8-9,11,13H,3-4,6-7,10H2,1-2H3,(H2,17,18,19). The second kappa shape index (κ2) is 7.12. The number of urea groups is 1. The number of nitrogens with zero attached hydrogens (tertiary/aromatic N) is 1. The number of aromatic nitrogens is 1. The minimum atomic E-state index is -0.0969. The normalized spacial score (nSPS) is 22.1. The van der Waals surface area contributed by atoms with Gasteiger partial charge in [0.05, 0.1) is 7.11 Å². The van der Waals surface area contributed by atoms with Crippen LogP contribution in [0.5, 0.6) is 5.88 Å². The van der Waals surface area contributed by atoms with Crippen LogP contribution in [0.2, 0.25) is 0 Å². The molecule has 1 heterocycles. The molecular formula is C15H23N3O2. The summed E-state index contributed by atoms with van der Waals surface area (Å²) in [5.74, 6) is 1.37. The zero-order chi connectivity index (χ0) is 14.4. The summed E-state index contributed by atoms with van der Waals surface area (Å²) in [5.41, 5.74) is 0.957. The lowest BCUT2D eigenvalue weighted by atomic mass is 9.87. The fourth-order valence-corrected chi connectivity index (χ4v) is 2.46. The van der Waals surface area contributed by atoms with Crippen LogP contribution >= 0.6 is 0 Å². The SMILES string of the molecule is COc1ccc(CNC(=O)NC2CCC(C)CC2)cn1. The molecule has 0 radical (unpaired) electrons. The second-order valence-corrected chi connectivity index (χ2v) is 5.49. The van der Waals surface area contributed by atoms with E-state index in [0.717, 1.165) is 24.3 Å². The van der Waals surface area contributed by atoms with Gasteiger partial charge in [-0.25, -0.2) is 9.78 Å². The van der Waals surface area contributed by atoms with Crippen molar-refractivity contribution in [2.24, 2.45) is 5.92 Å². The average molecular weight is 277 g/mol. The highest BCUT2D eigenvalue weighted by Crippen LogP contribution is 2.23. The molecule has 110 valence electrons. The van der Waals surface area contributed by atoms with E-state index >= 15 is 0 Å². The van der Waals surface area contributed by atoms with Gasteiger partial charge < -0.3 is 15.4 Å². The highest BCUT2D eigenvalue weighted by molar-refractivity contribution is 5.74. The minimum Gasteiger partial charge on any atom is -0.481 e. The Labute approximate surface area is 120 Å². The van der Waals surface area contributed by atoms with Crippen molar-refractivity contribution in [1.82, 2.24) is 15.6 Å². The van der Waals surface area contributed by atoms with Crippen molar-refractivity contribution in [3.8, 4) is 5.88 Å². The Bertz CT molecular complexity index is 425. The highest BCUT2D eigenvalue weighted by atomic mass is 16.5. The topological polar surface area (TPSA) is 63.2 Å². The summed E-state index contributed by atoms with van der Waals surface area (Å²) in [6.07, 6.45) is 6.28. The van der Waals surface area contributed by atoms with E-state index in [0.29, 0.717) is 18.5 Å². The van der Waals surface area contributed by atoms with E-state index in [1.807, 2.05) is 6.07 Å². The Hall–Kier alpha value is -1.78. The first-order chi connectivity index (χ1) is 9.67. The van der Waals surface area contributed by atoms with Gasteiger partial charge in [-0.1, -0.05) is 13.0 Å². The quantitative estimate of drug-likeness (QED) is 0.888. The molecular weight excluding hydrogens is 254 g/mol. The smallest absolute Gasteiger partial charge is 0.315 e. The fourth-order valence-electron chi connectivity index (χ4n) is 2.46. The maximum Gasteiger partial charge on any atom is 0.315 e. The number of ether oxygens (including phenoxy) is 1. The van der Waals surface area contributed by atoms with Crippen LogP contribution in [0.3, 0.4) is 0 Å². The van der Waals surface area contributed by atoms with Crippen molar-refractivity contribution in [2.45, 2.75) is 45.2 Å². The maximum absolute atomic E-state index is 11.8. The van der Waals surface area contributed by atoms with Gasteiger partial charge in [0.25, 0.3) is 0 Å². The van der Waals surface area contributed by atoms with Gasteiger partial charge in [0, 0.05) is 24.8 Å². The number of hydrogen-bond acceptors (Lipinski definition) is 3. The number of carbonyl (C=O) groups excluding carboxylic acids is 1. The van der Waals surface area contributed by atoms with Crippen molar-refractivity contribution in [1.29, 1.82) is 0 Å². The summed E-state index contributed by atoms with van der Waals surface area (Å²) in [7, 11) is 1.58. The molecule has 0 atom stereocenters. The first-order valence-electron chi connectivity index (χ1n) is 7.20. The van der Waals surface area contributed by atoms with E-state index in [1.165, 1.54) is 12.8 Å². The molecule has 1 aromatic heterocycles. The lowest BCUT2D eigenvalue weighted by Gasteiger charge is -2.26. The van der Waals surface area contributed by atoms with Crippen molar-refractivity contribution in [2.75, 3.05) is 7.11 Å². The number of rotatable bonds is 4. The molecule has 2 N–H and O–H groups in total. The maximum atomic E-state index is 11.8. The van der Waals surface area contributed by atoms with Gasteiger partial charge in [-0.05, 0) is 37.2 Å². The molecule has 0 saturated heterocycles. The van der Waals surface area contributed by atoms with Crippen molar-refractivity contribution >= 4 is 6.03 Å². The Balaban J connectivity index is 1.71. The van der Waals surface area contributed by atoms with Crippen molar-refractivity contribution in [3.63, 3.8) is 0 Å². The third kappa shape index (κ3) is 4.40. The van der Waals surface area contributed by atoms with Crippen molar-refractivity contribution < 1.29 is 9.53 Å². The van der Waals surface area contributed by atoms with E-state index in [4.69, 9.17) is 4.74 Å². The molecule has 0 spiro atoms.